The molecule has 1 aliphatic carbocycles. The molecule has 2 aromatic carbocycles. The zero-order chi connectivity index (χ0) is 17.9. The zero-order valence-corrected chi connectivity index (χ0v) is 15.5. The molecule has 4 nitrogen and oxygen atoms in total. The van der Waals surface area contributed by atoms with E-state index in [0.29, 0.717) is 11.3 Å². The van der Waals surface area contributed by atoms with Gasteiger partial charge in [0.15, 0.2) is 11.6 Å². The second-order valence-corrected chi connectivity index (χ2v) is 6.69. The van der Waals surface area contributed by atoms with Crippen molar-refractivity contribution in [2.45, 2.75) is 44.2 Å². The lowest BCUT2D eigenvalue weighted by Gasteiger charge is -2.24. The van der Waals surface area contributed by atoms with Gasteiger partial charge >= 0.3 is 0 Å². The molecule has 0 aliphatic heterocycles. The van der Waals surface area contributed by atoms with E-state index in [1.54, 1.807) is 31.2 Å². The fourth-order valence-electron chi connectivity index (χ4n) is 3.04. The number of nitrogens with two attached hydrogens (primary N) is 1. The lowest BCUT2D eigenvalue weighted by atomic mass is 9.92. The second-order valence-electron chi connectivity index (χ2n) is 6.69. The first-order valence-corrected chi connectivity index (χ1v) is 8.59. The molecule has 1 unspecified atom stereocenters. The quantitative estimate of drug-likeness (QED) is 0.811. The second kappa shape index (κ2) is 8.52. The van der Waals surface area contributed by atoms with Crippen LogP contribution in [0.5, 0.6) is 5.75 Å². The monoisotopic (exact) mass is 378 g/mol. The van der Waals surface area contributed by atoms with E-state index in [1.807, 2.05) is 18.2 Å². The first-order chi connectivity index (χ1) is 12.0. The van der Waals surface area contributed by atoms with Crippen LogP contribution in [0.1, 0.15) is 38.2 Å². The Morgan fingerprint density at radius 3 is 2.46 bits per heavy atom. The highest BCUT2D eigenvalue weighted by atomic mass is 35.5. The number of carbonyl (C=O) groups excluding carboxylic acids is 1. The maximum Gasteiger partial charge on any atom is 0.248 e. The van der Waals surface area contributed by atoms with Crippen LogP contribution < -0.4 is 15.8 Å². The van der Waals surface area contributed by atoms with Crippen LogP contribution in [-0.2, 0) is 10.3 Å². The highest BCUT2D eigenvalue weighted by Gasteiger charge is 2.30. The molecule has 6 heteroatoms. The van der Waals surface area contributed by atoms with Crippen LogP contribution >= 0.6 is 12.4 Å². The van der Waals surface area contributed by atoms with E-state index in [0.717, 1.165) is 25.7 Å². The number of rotatable bonds is 5. The van der Waals surface area contributed by atoms with Gasteiger partial charge in [-0.2, -0.15) is 0 Å². The van der Waals surface area contributed by atoms with Crippen molar-refractivity contribution in [2.24, 2.45) is 5.73 Å². The summed E-state index contributed by atoms with van der Waals surface area (Å²) in [6, 6.07) is 13.5. The van der Waals surface area contributed by atoms with E-state index in [4.69, 9.17) is 10.5 Å². The number of anilines is 1. The molecule has 0 spiro atoms. The summed E-state index contributed by atoms with van der Waals surface area (Å²) in [5.41, 5.74) is 6.01. The standard InChI is InChI=1S/C20H23FN2O2.ClH/c1-20(22,14-7-3-2-4-8-14)19(24)23-15-11-12-18(17(21)13-15)25-16-9-5-6-10-16;/h2-4,7-8,11-13,16H,5-6,9-10,22H2,1H3,(H,23,24);1H. The molecule has 3 N–H and O–H groups in total. The summed E-state index contributed by atoms with van der Waals surface area (Å²) in [5, 5.41) is 2.68. The Morgan fingerprint density at radius 2 is 1.85 bits per heavy atom. The number of ether oxygens (including phenoxy) is 1. The van der Waals surface area contributed by atoms with Crippen molar-refractivity contribution in [3.05, 3.63) is 59.9 Å². The van der Waals surface area contributed by atoms with E-state index in [-0.39, 0.29) is 24.3 Å². The Bertz CT molecular complexity index is 747. The van der Waals surface area contributed by atoms with Crippen LogP contribution in [-0.4, -0.2) is 12.0 Å². The summed E-state index contributed by atoms with van der Waals surface area (Å²) in [6.45, 7) is 1.63. The SMILES string of the molecule is CC(N)(C(=O)Nc1ccc(OC2CCCC2)c(F)c1)c1ccccc1.Cl. The highest BCUT2D eigenvalue weighted by Crippen LogP contribution is 2.28. The molecule has 1 atom stereocenters. The third kappa shape index (κ3) is 4.54. The van der Waals surface area contributed by atoms with Gasteiger partial charge in [-0.25, -0.2) is 4.39 Å². The largest absolute Gasteiger partial charge is 0.487 e. The summed E-state index contributed by atoms with van der Waals surface area (Å²) in [5.74, 6) is -0.658. The van der Waals surface area contributed by atoms with Crippen molar-refractivity contribution in [1.82, 2.24) is 0 Å². The molecule has 1 amide bonds. The molecule has 1 aliphatic rings. The molecular weight excluding hydrogens is 355 g/mol. The van der Waals surface area contributed by atoms with Gasteiger partial charge in [0.2, 0.25) is 5.91 Å². The fourth-order valence-corrected chi connectivity index (χ4v) is 3.04. The van der Waals surface area contributed by atoms with E-state index >= 15 is 0 Å². The van der Waals surface area contributed by atoms with Gasteiger partial charge in [-0.1, -0.05) is 30.3 Å². The zero-order valence-electron chi connectivity index (χ0n) is 14.7. The number of halogens is 2. The Hall–Kier alpha value is -2.11. The fraction of sp³-hybridized carbons (Fsp3) is 0.350. The normalized spacial score (nSPS) is 16.4. The minimum atomic E-state index is -1.21. The van der Waals surface area contributed by atoms with Crippen LogP contribution in [0.4, 0.5) is 10.1 Å². The maximum atomic E-state index is 14.3. The summed E-state index contributed by atoms with van der Waals surface area (Å²) in [6.07, 6.45) is 4.24. The number of carbonyl (C=O) groups is 1. The molecule has 140 valence electrons. The summed E-state index contributed by atoms with van der Waals surface area (Å²) < 4.78 is 20.0. The molecule has 0 saturated heterocycles. The number of benzene rings is 2. The van der Waals surface area contributed by atoms with Crippen LogP contribution in [0.15, 0.2) is 48.5 Å². The Kier molecular flexibility index (Phi) is 6.62. The van der Waals surface area contributed by atoms with Crippen molar-refractivity contribution >= 4 is 24.0 Å². The van der Waals surface area contributed by atoms with Crippen LogP contribution in [0.25, 0.3) is 0 Å². The first-order valence-electron chi connectivity index (χ1n) is 8.59. The van der Waals surface area contributed by atoms with Gasteiger partial charge in [0.05, 0.1) is 6.10 Å². The lowest BCUT2D eigenvalue weighted by molar-refractivity contribution is -0.120. The minimum Gasteiger partial charge on any atom is -0.487 e. The molecule has 0 heterocycles. The van der Waals surface area contributed by atoms with Gasteiger partial charge in [0.1, 0.15) is 5.54 Å². The van der Waals surface area contributed by atoms with Gasteiger partial charge in [-0.05, 0) is 50.3 Å². The topological polar surface area (TPSA) is 64.4 Å². The average molecular weight is 379 g/mol. The number of amides is 1. The summed E-state index contributed by atoms with van der Waals surface area (Å²) in [7, 11) is 0. The van der Waals surface area contributed by atoms with Crippen LogP contribution in [0, 0.1) is 5.82 Å². The molecular formula is C20H24ClFN2O2. The van der Waals surface area contributed by atoms with Gasteiger partial charge in [-0.3, -0.25) is 4.79 Å². The molecule has 0 bridgehead atoms. The highest BCUT2D eigenvalue weighted by molar-refractivity contribution is 5.98. The van der Waals surface area contributed by atoms with E-state index < -0.39 is 17.3 Å². The Labute approximate surface area is 159 Å². The molecule has 2 aromatic rings. The van der Waals surface area contributed by atoms with Gasteiger partial charge < -0.3 is 15.8 Å². The number of hydrogen-bond donors (Lipinski definition) is 2. The summed E-state index contributed by atoms with van der Waals surface area (Å²) >= 11 is 0. The summed E-state index contributed by atoms with van der Waals surface area (Å²) in [4.78, 5) is 12.5. The molecule has 1 fully saturated rings. The van der Waals surface area contributed by atoms with Gasteiger partial charge in [0.25, 0.3) is 0 Å². The van der Waals surface area contributed by atoms with Crippen LogP contribution in [0.2, 0.25) is 0 Å². The average Bonchev–Trinajstić information content (AvgIpc) is 3.11. The number of hydrogen-bond acceptors (Lipinski definition) is 3. The Morgan fingerprint density at radius 1 is 1.19 bits per heavy atom. The Balaban J connectivity index is 0.00000243. The third-order valence-corrected chi connectivity index (χ3v) is 4.63. The van der Waals surface area contributed by atoms with Crippen molar-refractivity contribution in [3.63, 3.8) is 0 Å². The maximum absolute atomic E-state index is 14.3. The molecule has 0 aromatic heterocycles. The lowest BCUT2D eigenvalue weighted by Crippen LogP contribution is -2.45. The van der Waals surface area contributed by atoms with E-state index in [2.05, 4.69) is 5.32 Å². The van der Waals surface area contributed by atoms with Crippen LogP contribution in [0.3, 0.4) is 0 Å². The predicted octanol–water partition coefficient (Wildman–Crippen LogP) is 4.38. The van der Waals surface area contributed by atoms with Crippen molar-refractivity contribution in [3.8, 4) is 5.75 Å². The van der Waals surface area contributed by atoms with Crippen molar-refractivity contribution < 1.29 is 13.9 Å². The molecule has 1 saturated carbocycles. The van der Waals surface area contributed by atoms with Gasteiger partial charge in [-0.15, -0.1) is 12.4 Å². The molecule has 3 rings (SSSR count). The van der Waals surface area contributed by atoms with Crippen molar-refractivity contribution in [1.29, 1.82) is 0 Å². The third-order valence-electron chi connectivity index (χ3n) is 4.63. The number of nitrogens with one attached hydrogen (secondary N) is 1. The van der Waals surface area contributed by atoms with Gasteiger partial charge in [0, 0.05) is 11.8 Å². The van der Waals surface area contributed by atoms with E-state index in [9.17, 15) is 9.18 Å². The molecule has 0 radical (unpaired) electrons. The smallest absolute Gasteiger partial charge is 0.248 e. The molecule has 26 heavy (non-hydrogen) atoms. The van der Waals surface area contributed by atoms with E-state index in [1.165, 1.54) is 6.07 Å². The minimum absolute atomic E-state index is 0. The first kappa shape index (κ1) is 20.2. The predicted molar refractivity (Wildman–Crippen MR) is 103 cm³/mol. The van der Waals surface area contributed by atoms with Crippen molar-refractivity contribution in [2.75, 3.05) is 5.32 Å².